The van der Waals surface area contributed by atoms with E-state index in [4.69, 9.17) is 23.7 Å². The van der Waals surface area contributed by atoms with Crippen LogP contribution in [-0.4, -0.2) is 90.5 Å². The fourth-order valence-corrected chi connectivity index (χ4v) is 8.73. The van der Waals surface area contributed by atoms with Gasteiger partial charge in [-0.1, -0.05) is 36.4 Å². The molecule has 1 fully saturated rings. The third-order valence-corrected chi connectivity index (χ3v) is 11.3. The van der Waals surface area contributed by atoms with Crippen LogP contribution < -0.4 is 18.9 Å². The van der Waals surface area contributed by atoms with Crippen LogP contribution >= 0.6 is 0 Å². The van der Waals surface area contributed by atoms with Crippen molar-refractivity contribution < 1.29 is 69.1 Å². The van der Waals surface area contributed by atoms with Gasteiger partial charge in [0.2, 0.25) is 6.79 Å². The summed E-state index contributed by atoms with van der Waals surface area (Å²) in [6.45, 7) is 2.00. The summed E-state index contributed by atoms with van der Waals surface area (Å²) in [5.74, 6) is -18.1. The number of rotatable bonds is 9. The molecule has 0 aromatic heterocycles. The Morgan fingerprint density at radius 1 is 0.982 bits per heavy atom. The predicted octanol–water partition coefficient (Wildman–Crippen LogP) is 6.43. The molecule has 2 bridgehead atoms. The van der Waals surface area contributed by atoms with Crippen molar-refractivity contribution in [1.82, 2.24) is 9.80 Å². The molecule has 57 heavy (non-hydrogen) atoms. The first-order valence-electron chi connectivity index (χ1n) is 17.8. The van der Waals surface area contributed by atoms with Gasteiger partial charge in [0.1, 0.15) is 18.4 Å². The van der Waals surface area contributed by atoms with Crippen LogP contribution in [0.15, 0.2) is 36.4 Å². The summed E-state index contributed by atoms with van der Waals surface area (Å²) in [5, 5.41) is 22.5. The number of aromatic hydroxyl groups is 1. The molecule has 4 heterocycles. The minimum absolute atomic E-state index is 0.0141. The fourth-order valence-electron chi connectivity index (χ4n) is 8.73. The molecule has 4 aliphatic rings. The fraction of sp³-hybridized carbons (Fsp3) is 0.462. The number of halogens is 7. The highest BCUT2D eigenvalue weighted by Gasteiger charge is 2.77. The molecular formula is C39H36F7N3O8. The Bertz CT molecular complexity index is 2160. The molecule has 5 atom stereocenters. The molecule has 3 aromatic carbocycles. The maximum absolute atomic E-state index is 14.8. The van der Waals surface area contributed by atoms with Gasteiger partial charge in [0, 0.05) is 40.8 Å². The first-order valence-corrected chi connectivity index (χ1v) is 17.8. The Balaban J connectivity index is 1.39. The number of nitriles is 1. The normalized spacial score (nSPS) is 22.8. The first-order chi connectivity index (χ1) is 26.8. The van der Waals surface area contributed by atoms with Crippen molar-refractivity contribution in [1.29, 1.82) is 5.26 Å². The van der Waals surface area contributed by atoms with Gasteiger partial charge in [-0.3, -0.25) is 14.6 Å². The molecule has 0 saturated carbocycles. The van der Waals surface area contributed by atoms with E-state index in [-0.39, 0.29) is 59.0 Å². The summed E-state index contributed by atoms with van der Waals surface area (Å²) in [5.41, 5.74) is 2.20. The van der Waals surface area contributed by atoms with E-state index in [0.29, 0.717) is 23.1 Å². The van der Waals surface area contributed by atoms with Gasteiger partial charge in [0.25, 0.3) is 0 Å². The number of phenols is 1. The number of nitrogens with zero attached hydrogens (tertiary/aromatic N) is 3. The number of likely N-dealkylation sites (N-methyl/N-ethyl adjacent to an activating group) is 1. The van der Waals surface area contributed by atoms with Crippen molar-refractivity contribution >= 4 is 11.9 Å². The number of fused-ring (bicyclic) bond motifs is 9. The summed E-state index contributed by atoms with van der Waals surface area (Å²) in [6.07, 6.45) is -6.62. The summed E-state index contributed by atoms with van der Waals surface area (Å²) >= 11 is 0. The first kappa shape index (κ1) is 39.9. The largest absolute Gasteiger partial charge is 0.504 e. The number of esters is 2. The molecule has 1 N–H and O–H groups in total. The lowest BCUT2D eigenvalue weighted by Crippen LogP contribution is -2.68. The highest BCUT2D eigenvalue weighted by atomic mass is 19.4. The molecule has 304 valence electrons. The van der Waals surface area contributed by atoms with E-state index in [0.717, 1.165) is 5.56 Å². The summed E-state index contributed by atoms with van der Waals surface area (Å²) in [7, 11) is 3.08. The smallest absolute Gasteiger partial charge is 0.460 e. The molecule has 0 radical (unpaired) electrons. The maximum atomic E-state index is 14.8. The van der Waals surface area contributed by atoms with E-state index in [1.807, 2.05) is 29.2 Å². The van der Waals surface area contributed by atoms with E-state index in [2.05, 4.69) is 6.07 Å². The summed E-state index contributed by atoms with van der Waals surface area (Å²) in [6, 6.07) is 8.76. The second-order valence-corrected chi connectivity index (χ2v) is 14.5. The monoisotopic (exact) mass is 807 g/mol. The van der Waals surface area contributed by atoms with Crippen LogP contribution in [0.25, 0.3) is 0 Å². The SMILES string of the molecule is COc1c(C)cc2c(c1O)[C@@H]1C3Cc4c(OC(=O)C(F)(F)C(F)(F)C(F)(F)F)c(C)c5c(c4[C@H](COC(=O)CCc4ccccc4)N3[C@@H](C#N)[C@@H](C2)N1C)OCO5. The predicted molar refractivity (Wildman–Crippen MR) is 183 cm³/mol. The van der Waals surface area contributed by atoms with Gasteiger partial charge >= 0.3 is 30.0 Å². The van der Waals surface area contributed by atoms with Gasteiger partial charge in [-0.25, -0.2) is 4.79 Å². The number of alkyl halides is 7. The lowest BCUT2D eigenvalue weighted by atomic mass is 9.71. The van der Waals surface area contributed by atoms with Crippen LogP contribution in [0.2, 0.25) is 0 Å². The van der Waals surface area contributed by atoms with Crippen molar-refractivity contribution in [3.8, 4) is 34.8 Å². The number of hydrogen-bond donors (Lipinski definition) is 1. The van der Waals surface area contributed by atoms with Crippen LogP contribution in [0.5, 0.6) is 28.7 Å². The van der Waals surface area contributed by atoms with Gasteiger partial charge in [-0.2, -0.15) is 36.0 Å². The van der Waals surface area contributed by atoms with Crippen LogP contribution in [-0.2, 0) is 33.6 Å². The quantitative estimate of drug-likeness (QED) is 0.146. The zero-order valence-electron chi connectivity index (χ0n) is 30.9. The molecule has 7 rings (SSSR count). The Labute approximate surface area is 321 Å². The molecule has 3 aromatic rings. The molecule has 4 aliphatic heterocycles. The van der Waals surface area contributed by atoms with Crippen LogP contribution in [0.1, 0.15) is 57.4 Å². The van der Waals surface area contributed by atoms with Crippen LogP contribution in [0.3, 0.4) is 0 Å². The Kier molecular flexibility index (Phi) is 10.0. The minimum atomic E-state index is -6.82. The van der Waals surface area contributed by atoms with Gasteiger partial charge in [-0.05, 0) is 56.8 Å². The third-order valence-electron chi connectivity index (χ3n) is 11.3. The number of ether oxygens (including phenoxy) is 5. The standard InChI is InChI=1S/C39H36F7N3O8/c1-18-12-21-13-23-25(15-47)49-24(30(48(23)3)28(21)31(51)32(18)53-4)14-22-29(26(49)16-54-27(50)11-10-20-8-6-5-7-9-20)35-34(55-17-56-35)19(2)33(22)57-36(52)37(40,41)38(42,43)39(44,45)46/h5-9,12,23-26,30,51H,10-11,13-14,16-17H2,1-4H3/t23-,24?,25+,26+,30+/m1/s1. The molecular weight excluding hydrogens is 771 g/mol. The van der Waals surface area contributed by atoms with Crippen molar-refractivity contribution in [3.63, 3.8) is 0 Å². The van der Waals surface area contributed by atoms with Crippen LogP contribution in [0, 0.1) is 25.2 Å². The van der Waals surface area contributed by atoms with Crippen molar-refractivity contribution in [2.24, 2.45) is 0 Å². The molecule has 1 unspecified atom stereocenters. The second kappa shape index (κ2) is 14.3. The summed E-state index contributed by atoms with van der Waals surface area (Å²) in [4.78, 5) is 29.8. The second-order valence-electron chi connectivity index (χ2n) is 14.5. The highest BCUT2D eigenvalue weighted by Crippen LogP contribution is 2.59. The Morgan fingerprint density at radius 2 is 1.67 bits per heavy atom. The van der Waals surface area contributed by atoms with Gasteiger partial charge in [-0.15, -0.1) is 0 Å². The number of carbonyl (C=O) groups excluding carboxylic acids is 2. The number of piperazine rings is 1. The van der Waals surface area contributed by atoms with Crippen molar-refractivity contribution in [2.75, 3.05) is 27.6 Å². The molecule has 0 spiro atoms. The van der Waals surface area contributed by atoms with E-state index in [1.54, 1.807) is 31.0 Å². The van der Waals surface area contributed by atoms with E-state index in [1.165, 1.54) is 14.0 Å². The minimum Gasteiger partial charge on any atom is -0.504 e. The van der Waals surface area contributed by atoms with E-state index in [9.17, 15) is 50.7 Å². The molecule has 18 heteroatoms. The van der Waals surface area contributed by atoms with Crippen molar-refractivity contribution in [3.05, 3.63) is 75.3 Å². The average molecular weight is 808 g/mol. The lowest BCUT2D eigenvalue weighted by molar-refractivity contribution is -0.346. The number of phenolic OH excluding ortho intramolecular Hbond substituents is 1. The molecule has 1 saturated heterocycles. The van der Waals surface area contributed by atoms with E-state index < -0.39 is 79.3 Å². The summed E-state index contributed by atoms with van der Waals surface area (Å²) < 4.78 is 125. The maximum Gasteiger partial charge on any atom is 0.460 e. The van der Waals surface area contributed by atoms with Gasteiger partial charge < -0.3 is 28.8 Å². The molecule has 0 amide bonds. The number of hydrogen-bond acceptors (Lipinski definition) is 11. The lowest BCUT2D eigenvalue weighted by Gasteiger charge is -2.59. The number of aryl methyl sites for hydroxylation is 2. The highest BCUT2D eigenvalue weighted by molar-refractivity contribution is 5.83. The molecule has 0 aliphatic carbocycles. The topological polar surface area (TPSA) is 131 Å². The van der Waals surface area contributed by atoms with Crippen LogP contribution in [0.4, 0.5) is 30.7 Å². The van der Waals surface area contributed by atoms with Gasteiger partial charge in [0.15, 0.2) is 23.0 Å². The van der Waals surface area contributed by atoms with E-state index >= 15 is 0 Å². The zero-order chi connectivity index (χ0) is 41.4. The van der Waals surface area contributed by atoms with Crippen molar-refractivity contribution in [2.45, 2.75) is 87.8 Å². The molecule has 11 nitrogen and oxygen atoms in total. The van der Waals surface area contributed by atoms with Gasteiger partial charge in [0.05, 0.1) is 25.3 Å². The number of methoxy groups -OCH3 is 1. The zero-order valence-corrected chi connectivity index (χ0v) is 30.9. The Hall–Kier alpha value is -5.28. The number of benzene rings is 3. The Morgan fingerprint density at radius 3 is 2.32 bits per heavy atom. The average Bonchev–Trinajstić information content (AvgIpc) is 3.65. The number of carbonyl (C=O) groups is 2. The third kappa shape index (κ3) is 6.26.